The summed E-state index contributed by atoms with van der Waals surface area (Å²) in [6, 6.07) is 0. The van der Waals surface area contributed by atoms with Gasteiger partial charge in [0, 0.05) is 6.08 Å². The first kappa shape index (κ1) is 11.2. The van der Waals surface area contributed by atoms with Crippen molar-refractivity contribution in [1.29, 1.82) is 0 Å². The van der Waals surface area contributed by atoms with E-state index in [1.165, 1.54) is 0 Å². The maximum Gasteiger partial charge on any atom is 0.331 e. The maximum absolute atomic E-state index is 12.1. The highest BCUT2D eigenvalue weighted by molar-refractivity contribution is 6.06. The van der Waals surface area contributed by atoms with Crippen LogP contribution in [0.1, 0.15) is 0 Å². The minimum absolute atomic E-state index is 0.323. The van der Waals surface area contributed by atoms with Gasteiger partial charge in [-0.3, -0.25) is 9.59 Å². The van der Waals surface area contributed by atoms with Gasteiger partial charge in [-0.05, 0) is 0 Å². The zero-order valence-corrected chi connectivity index (χ0v) is 9.44. The van der Waals surface area contributed by atoms with Crippen molar-refractivity contribution >= 4 is 17.8 Å². The largest absolute Gasteiger partial charge is 0.441 e. The van der Waals surface area contributed by atoms with Crippen molar-refractivity contribution in [2.45, 2.75) is 12.2 Å². The maximum atomic E-state index is 12.1. The number of amides is 2. The number of ether oxygens (including phenoxy) is 2. The van der Waals surface area contributed by atoms with Crippen LogP contribution in [-0.2, 0) is 23.9 Å². The van der Waals surface area contributed by atoms with Crippen molar-refractivity contribution in [1.82, 2.24) is 4.90 Å². The van der Waals surface area contributed by atoms with Crippen molar-refractivity contribution in [3.05, 3.63) is 24.8 Å². The fourth-order valence-electron chi connectivity index (χ4n) is 2.68. The van der Waals surface area contributed by atoms with E-state index in [0.29, 0.717) is 0 Å². The van der Waals surface area contributed by atoms with E-state index >= 15 is 0 Å². The number of hydrogen-bond acceptors (Lipinski definition) is 5. The normalized spacial score (nSPS) is 36.1. The Balaban J connectivity index is 1.76. The Labute approximate surface area is 103 Å². The first-order valence-corrected chi connectivity index (χ1v) is 5.61. The Kier molecular flexibility index (Phi) is 2.34. The first-order valence-electron chi connectivity index (χ1n) is 5.61. The molecule has 0 aromatic carbocycles. The Bertz CT molecular complexity index is 453. The highest BCUT2D eigenvalue weighted by Gasteiger charge is 2.60. The zero-order chi connectivity index (χ0) is 12.9. The molecule has 3 aliphatic heterocycles. The number of rotatable bonds is 3. The molecule has 6 heteroatoms. The molecule has 3 aliphatic rings. The van der Waals surface area contributed by atoms with E-state index in [1.54, 1.807) is 12.2 Å². The van der Waals surface area contributed by atoms with Crippen LogP contribution in [0.5, 0.6) is 0 Å². The molecule has 2 fully saturated rings. The van der Waals surface area contributed by atoms with Crippen molar-refractivity contribution in [3.8, 4) is 0 Å². The zero-order valence-electron chi connectivity index (χ0n) is 9.44. The Morgan fingerprint density at radius 1 is 1.33 bits per heavy atom. The SMILES string of the molecule is C=CC(=O)OCN1C(=O)C2C3C=CC(O3)C2C1=O. The summed E-state index contributed by atoms with van der Waals surface area (Å²) < 4.78 is 10.2. The minimum Gasteiger partial charge on any atom is -0.441 e. The summed E-state index contributed by atoms with van der Waals surface area (Å²) in [5.74, 6) is -2.26. The molecule has 4 atom stereocenters. The van der Waals surface area contributed by atoms with Gasteiger partial charge >= 0.3 is 5.97 Å². The topological polar surface area (TPSA) is 72.9 Å². The number of likely N-dealkylation sites (tertiary alicyclic amines) is 1. The third kappa shape index (κ3) is 1.35. The lowest BCUT2D eigenvalue weighted by Crippen LogP contribution is -2.36. The number of fused-ring (bicyclic) bond motifs is 5. The standard InChI is InChI=1S/C12H11NO5/c1-2-8(14)17-5-13-11(15)9-6-3-4-7(18-6)10(9)12(13)16/h2-4,6-7,9-10H,1,5H2. The van der Waals surface area contributed by atoms with Gasteiger partial charge in [0.15, 0.2) is 6.73 Å². The van der Waals surface area contributed by atoms with Gasteiger partial charge in [0.1, 0.15) is 0 Å². The number of hydrogen-bond donors (Lipinski definition) is 0. The van der Waals surface area contributed by atoms with Gasteiger partial charge in [-0.15, -0.1) is 0 Å². The second-order valence-corrected chi connectivity index (χ2v) is 4.40. The van der Waals surface area contributed by atoms with E-state index < -0.39 is 17.8 Å². The fourth-order valence-corrected chi connectivity index (χ4v) is 2.68. The molecule has 0 saturated carbocycles. The van der Waals surface area contributed by atoms with Gasteiger partial charge in [-0.1, -0.05) is 18.7 Å². The highest BCUT2D eigenvalue weighted by Crippen LogP contribution is 2.44. The molecule has 0 N–H and O–H groups in total. The van der Waals surface area contributed by atoms with E-state index in [4.69, 9.17) is 9.47 Å². The predicted molar refractivity (Wildman–Crippen MR) is 57.8 cm³/mol. The van der Waals surface area contributed by atoms with Crippen LogP contribution in [0.15, 0.2) is 24.8 Å². The number of carbonyl (C=O) groups excluding carboxylic acids is 3. The molecule has 0 spiro atoms. The minimum atomic E-state index is -0.662. The third-order valence-electron chi connectivity index (χ3n) is 3.50. The Hall–Kier alpha value is -1.95. The number of carbonyl (C=O) groups is 3. The fraction of sp³-hybridized carbons (Fsp3) is 0.417. The molecule has 94 valence electrons. The van der Waals surface area contributed by atoms with Gasteiger partial charge < -0.3 is 9.47 Å². The molecule has 0 aliphatic carbocycles. The molecule has 0 radical (unpaired) electrons. The van der Waals surface area contributed by atoms with E-state index in [-0.39, 0.29) is 30.8 Å². The van der Waals surface area contributed by atoms with Crippen molar-refractivity contribution < 1.29 is 23.9 Å². The van der Waals surface area contributed by atoms with Gasteiger partial charge in [-0.25, -0.2) is 9.69 Å². The van der Waals surface area contributed by atoms with E-state index in [1.807, 2.05) is 0 Å². The predicted octanol–water partition coefficient (Wildman–Crippen LogP) is -0.389. The van der Waals surface area contributed by atoms with Gasteiger partial charge in [0.05, 0.1) is 24.0 Å². The van der Waals surface area contributed by atoms with Gasteiger partial charge in [0.2, 0.25) is 11.8 Å². The highest BCUT2D eigenvalue weighted by atomic mass is 16.5. The summed E-state index contributed by atoms with van der Waals surface area (Å²) >= 11 is 0. The van der Waals surface area contributed by atoms with Crippen molar-refractivity contribution in [2.75, 3.05) is 6.73 Å². The molecular formula is C12H11NO5. The average molecular weight is 249 g/mol. The van der Waals surface area contributed by atoms with E-state index in [0.717, 1.165) is 11.0 Å². The molecule has 3 heterocycles. The van der Waals surface area contributed by atoms with Crippen molar-refractivity contribution in [2.24, 2.45) is 11.8 Å². The first-order chi connectivity index (χ1) is 8.63. The lowest BCUT2D eigenvalue weighted by Gasteiger charge is -2.16. The average Bonchev–Trinajstić information content (AvgIpc) is 3.02. The summed E-state index contributed by atoms with van der Waals surface area (Å²) in [6.45, 7) is 2.89. The number of nitrogens with zero attached hydrogens (tertiary/aromatic N) is 1. The molecule has 0 aromatic heterocycles. The summed E-state index contributed by atoms with van der Waals surface area (Å²) in [4.78, 5) is 36.0. The van der Waals surface area contributed by atoms with Crippen LogP contribution >= 0.6 is 0 Å². The quantitative estimate of drug-likeness (QED) is 0.295. The molecule has 3 rings (SSSR count). The molecule has 2 amide bonds. The van der Waals surface area contributed by atoms with Crippen LogP contribution in [-0.4, -0.2) is 41.6 Å². The Morgan fingerprint density at radius 3 is 2.39 bits per heavy atom. The smallest absolute Gasteiger partial charge is 0.331 e. The monoisotopic (exact) mass is 249 g/mol. The van der Waals surface area contributed by atoms with Crippen LogP contribution in [0.2, 0.25) is 0 Å². The molecule has 2 bridgehead atoms. The molecule has 4 unspecified atom stereocenters. The van der Waals surface area contributed by atoms with Crippen LogP contribution in [0, 0.1) is 11.8 Å². The summed E-state index contributed by atoms with van der Waals surface area (Å²) in [7, 11) is 0. The third-order valence-corrected chi connectivity index (χ3v) is 3.50. The van der Waals surface area contributed by atoms with Crippen molar-refractivity contribution in [3.63, 3.8) is 0 Å². The summed E-state index contributed by atoms with van der Waals surface area (Å²) in [6.07, 6.45) is 3.94. The van der Waals surface area contributed by atoms with E-state index in [9.17, 15) is 14.4 Å². The molecule has 6 nitrogen and oxygen atoms in total. The van der Waals surface area contributed by atoms with Crippen LogP contribution in [0.4, 0.5) is 0 Å². The number of imide groups is 1. The summed E-state index contributed by atoms with van der Waals surface area (Å²) in [5, 5.41) is 0. The van der Waals surface area contributed by atoms with Gasteiger partial charge in [-0.2, -0.15) is 0 Å². The lowest BCUT2D eigenvalue weighted by atomic mass is 9.85. The second-order valence-electron chi connectivity index (χ2n) is 4.40. The molecule has 18 heavy (non-hydrogen) atoms. The van der Waals surface area contributed by atoms with E-state index in [2.05, 4.69) is 6.58 Å². The second kappa shape index (κ2) is 3.78. The van der Waals surface area contributed by atoms with Crippen LogP contribution < -0.4 is 0 Å². The lowest BCUT2D eigenvalue weighted by molar-refractivity contribution is -0.154. The number of esters is 1. The van der Waals surface area contributed by atoms with Crippen LogP contribution in [0.25, 0.3) is 0 Å². The summed E-state index contributed by atoms with van der Waals surface area (Å²) in [5.41, 5.74) is 0. The molecule has 0 aromatic rings. The van der Waals surface area contributed by atoms with Gasteiger partial charge in [0.25, 0.3) is 0 Å². The Morgan fingerprint density at radius 2 is 1.89 bits per heavy atom. The molecular weight excluding hydrogens is 238 g/mol. The molecule has 2 saturated heterocycles. The van der Waals surface area contributed by atoms with Crippen LogP contribution in [0.3, 0.4) is 0 Å².